The van der Waals surface area contributed by atoms with Crippen molar-refractivity contribution in [2.24, 2.45) is 0 Å². The van der Waals surface area contributed by atoms with Crippen molar-refractivity contribution in [1.82, 2.24) is 14.6 Å². The average Bonchev–Trinajstić information content (AvgIpc) is 3.28. The molecule has 7 nitrogen and oxygen atoms in total. The highest BCUT2D eigenvalue weighted by Crippen LogP contribution is 2.31. The third-order valence-corrected chi connectivity index (χ3v) is 5.29. The van der Waals surface area contributed by atoms with Crippen molar-refractivity contribution in [3.05, 3.63) is 62.9 Å². The van der Waals surface area contributed by atoms with Crippen LogP contribution in [-0.4, -0.2) is 35.4 Å². The molecular weight excluding hydrogens is 390 g/mol. The lowest BCUT2D eigenvalue weighted by Crippen LogP contribution is -2.23. The van der Waals surface area contributed by atoms with Gasteiger partial charge in [0.25, 0.3) is 5.56 Å². The summed E-state index contributed by atoms with van der Waals surface area (Å²) in [7, 11) is 3.15. The number of benzene rings is 2. The van der Waals surface area contributed by atoms with Crippen LogP contribution in [0, 0.1) is 0 Å². The predicted molar refractivity (Wildman–Crippen MR) is 112 cm³/mol. The molecule has 2 heterocycles. The zero-order valence-electron chi connectivity index (χ0n) is 16.2. The van der Waals surface area contributed by atoms with E-state index in [0.717, 1.165) is 16.9 Å². The Morgan fingerprint density at radius 2 is 1.86 bits per heavy atom. The number of rotatable bonds is 6. The first kappa shape index (κ1) is 18.9. The summed E-state index contributed by atoms with van der Waals surface area (Å²) >= 11 is 1.29. The molecule has 0 atom stereocenters. The zero-order chi connectivity index (χ0) is 20.4. The Hall–Kier alpha value is -3.39. The van der Waals surface area contributed by atoms with Crippen molar-refractivity contribution in [3.8, 4) is 28.6 Å². The van der Waals surface area contributed by atoms with Gasteiger partial charge in [0.2, 0.25) is 4.96 Å². The molecule has 4 rings (SSSR count). The Bertz CT molecular complexity index is 1280. The number of ether oxygens (including phenoxy) is 3. The summed E-state index contributed by atoms with van der Waals surface area (Å²) in [5.41, 5.74) is 1.37. The summed E-state index contributed by atoms with van der Waals surface area (Å²) in [4.78, 5) is 17.9. The van der Waals surface area contributed by atoms with Gasteiger partial charge in [-0.2, -0.15) is 9.50 Å². The number of methoxy groups -OCH3 is 2. The molecule has 0 bridgehead atoms. The quantitative estimate of drug-likeness (QED) is 0.488. The normalized spacial score (nSPS) is 11.8. The van der Waals surface area contributed by atoms with E-state index in [9.17, 15) is 4.79 Å². The molecule has 0 amide bonds. The molecule has 8 heteroatoms. The summed E-state index contributed by atoms with van der Waals surface area (Å²) < 4.78 is 18.1. The monoisotopic (exact) mass is 409 g/mol. The minimum absolute atomic E-state index is 0.212. The highest BCUT2D eigenvalue weighted by atomic mass is 32.1. The van der Waals surface area contributed by atoms with Crippen LogP contribution in [0.25, 0.3) is 22.4 Å². The summed E-state index contributed by atoms with van der Waals surface area (Å²) in [6.45, 7) is 2.48. The highest BCUT2D eigenvalue weighted by Gasteiger charge is 2.14. The molecule has 0 radical (unpaired) electrons. The highest BCUT2D eigenvalue weighted by molar-refractivity contribution is 7.15. The number of thiazole rings is 1. The van der Waals surface area contributed by atoms with Gasteiger partial charge in [0.1, 0.15) is 5.75 Å². The van der Waals surface area contributed by atoms with Gasteiger partial charge < -0.3 is 14.2 Å². The average molecular weight is 409 g/mol. The Balaban J connectivity index is 1.77. The maximum atomic E-state index is 12.8. The lowest BCUT2D eigenvalue weighted by molar-refractivity contribution is 0.339. The van der Waals surface area contributed by atoms with Crippen LogP contribution < -0.4 is 24.3 Å². The second kappa shape index (κ2) is 7.92. The fourth-order valence-electron chi connectivity index (χ4n) is 2.96. The van der Waals surface area contributed by atoms with Crippen molar-refractivity contribution in [1.29, 1.82) is 0 Å². The van der Waals surface area contributed by atoms with Gasteiger partial charge in [0.05, 0.1) is 25.4 Å². The van der Waals surface area contributed by atoms with Crippen LogP contribution in [0.15, 0.2) is 47.3 Å². The van der Waals surface area contributed by atoms with Crippen molar-refractivity contribution in [2.45, 2.75) is 6.92 Å². The zero-order valence-corrected chi connectivity index (χ0v) is 17.0. The van der Waals surface area contributed by atoms with E-state index in [2.05, 4.69) is 10.1 Å². The molecular formula is C21H19N3O4S. The molecule has 4 aromatic rings. The van der Waals surface area contributed by atoms with Gasteiger partial charge in [-0.15, -0.1) is 5.10 Å². The molecule has 0 aliphatic heterocycles. The molecule has 0 unspecified atom stereocenters. The maximum absolute atomic E-state index is 12.8. The van der Waals surface area contributed by atoms with E-state index in [4.69, 9.17) is 14.2 Å². The fourth-order valence-corrected chi connectivity index (χ4v) is 3.86. The second-order valence-corrected chi connectivity index (χ2v) is 7.10. The van der Waals surface area contributed by atoms with Crippen molar-refractivity contribution < 1.29 is 14.2 Å². The van der Waals surface area contributed by atoms with Gasteiger partial charge in [-0.1, -0.05) is 29.5 Å². The number of fused-ring (bicyclic) bond motifs is 1. The molecule has 0 N–H and O–H groups in total. The Morgan fingerprint density at radius 1 is 1.07 bits per heavy atom. The molecule has 29 heavy (non-hydrogen) atoms. The minimum atomic E-state index is -0.212. The predicted octanol–water partition coefficient (Wildman–Crippen LogP) is 2.78. The first-order valence-corrected chi connectivity index (χ1v) is 9.81. The van der Waals surface area contributed by atoms with Gasteiger partial charge in [-0.25, -0.2) is 0 Å². The number of hydrogen-bond acceptors (Lipinski definition) is 7. The van der Waals surface area contributed by atoms with E-state index >= 15 is 0 Å². The van der Waals surface area contributed by atoms with E-state index < -0.39 is 0 Å². The van der Waals surface area contributed by atoms with Crippen LogP contribution in [0.4, 0.5) is 0 Å². The molecule has 0 saturated carbocycles. The Kier molecular flexibility index (Phi) is 5.18. The molecule has 0 spiro atoms. The topological polar surface area (TPSA) is 74.9 Å². The van der Waals surface area contributed by atoms with E-state index in [1.165, 1.54) is 15.9 Å². The minimum Gasteiger partial charge on any atom is -0.493 e. The number of aromatic nitrogens is 3. The first-order chi connectivity index (χ1) is 14.1. The SMILES string of the molecule is CCOc1ccccc1C=c1sc2nc(-c3ccc(OC)c(OC)c3)nn2c1=O. The van der Waals surface area contributed by atoms with Gasteiger partial charge >= 0.3 is 0 Å². The molecule has 0 fully saturated rings. The van der Waals surface area contributed by atoms with Crippen molar-refractivity contribution >= 4 is 22.4 Å². The van der Waals surface area contributed by atoms with Crippen molar-refractivity contribution in [2.75, 3.05) is 20.8 Å². The van der Waals surface area contributed by atoms with Crippen LogP contribution in [0.3, 0.4) is 0 Å². The van der Waals surface area contributed by atoms with Gasteiger partial charge in [-0.3, -0.25) is 4.79 Å². The van der Waals surface area contributed by atoms with Crippen LogP contribution in [0.1, 0.15) is 12.5 Å². The number of nitrogens with zero attached hydrogens (tertiary/aromatic N) is 3. The van der Waals surface area contributed by atoms with Crippen LogP contribution in [0.2, 0.25) is 0 Å². The van der Waals surface area contributed by atoms with E-state index in [0.29, 0.717) is 33.4 Å². The number of hydrogen-bond donors (Lipinski definition) is 0. The third kappa shape index (κ3) is 3.54. The van der Waals surface area contributed by atoms with Crippen LogP contribution in [0.5, 0.6) is 17.2 Å². The van der Waals surface area contributed by atoms with E-state index in [1.807, 2.05) is 43.3 Å². The third-order valence-electron chi connectivity index (χ3n) is 4.33. The Morgan fingerprint density at radius 3 is 2.59 bits per heavy atom. The van der Waals surface area contributed by atoms with E-state index in [1.54, 1.807) is 26.4 Å². The molecule has 148 valence electrons. The summed E-state index contributed by atoms with van der Waals surface area (Å²) in [6.07, 6.45) is 1.81. The lowest BCUT2D eigenvalue weighted by atomic mass is 10.2. The van der Waals surface area contributed by atoms with Gasteiger partial charge in [-0.05, 0) is 37.3 Å². The van der Waals surface area contributed by atoms with Crippen LogP contribution >= 0.6 is 11.3 Å². The molecule has 2 aromatic heterocycles. The van der Waals surface area contributed by atoms with Crippen LogP contribution in [-0.2, 0) is 0 Å². The second-order valence-electron chi connectivity index (χ2n) is 6.09. The first-order valence-electron chi connectivity index (χ1n) is 9.00. The molecule has 0 aliphatic carbocycles. The fraction of sp³-hybridized carbons (Fsp3) is 0.190. The molecule has 0 saturated heterocycles. The van der Waals surface area contributed by atoms with Gasteiger partial charge in [0, 0.05) is 11.1 Å². The largest absolute Gasteiger partial charge is 0.493 e. The Labute approximate surface area is 170 Å². The standard InChI is InChI=1S/C21H19N3O4S/c1-4-28-15-8-6-5-7-13(15)12-18-20(25)24-21(29-18)22-19(23-24)14-9-10-16(26-2)17(11-14)27-3/h5-12H,4H2,1-3H3. The van der Waals surface area contributed by atoms with E-state index in [-0.39, 0.29) is 5.56 Å². The summed E-state index contributed by atoms with van der Waals surface area (Å²) in [6, 6.07) is 13.0. The lowest BCUT2D eigenvalue weighted by Gasteiger charge is -2.07. The number of para-hydroxylation sites is 1. The summed E-state index contributed by atoms with van der Waals surface area (Å²) in [5, 5.41) is 4.39. The molecule has 0 aliphatic rings. The maximum Gasteiger partial charge on any atom is 0.291 e. The van der Waals surface area contributed by atoms with Gasteiger partial charge in [0.15, 0.2) is 17.3 Å². The smallest absolute Gasteiger partial charge is 0.291 e. The molecule has 2 aromatic carbocycles. The van der Waals surface area contributed by atoms with Crippen molar-refractivity contribution in [3.63, 3.8) is 0 Å². The summed E-state index contributed by atoms with van der Waals surface area (Å²) in [5.74, 6) is 2.38.